The summed E-state index contributed by atoms with van der Waals surface area (Å²) in [5, 5.41) is 13.9. The Morgan fingerprint density at radius 2 is 1.00 bits per heavy atom. The molecular weight excluding hydrogens is 214 g/mol. The molecule has 10 heavy (non-hydrogen) atoms. The standard InChI is InChI=1S/CH2O3.Al.Mg.Mn.3H2O.5H/c2-1(3)4;;;;;;;;;;;/h(H2,2,3,4);;;;3*1H2;;;;;. The molecule has 0 atom stereocenters. The van der Waals surface area contributed by atoms with Crippen molar-refractivity contribution in [3.63, 3.8) is 0 Å². The Kier molecular flexibility index (Phi) is 352. The molecule has 0 aliphatic carbocycles. The molecule has 0 aliphatic rings. The van der Waals surface area contributed by atoms with Gasteiger partial charge in [-0.15, -0.1) is 0 Å². The molecule has 9 heteroatoms. The van der Waals surface area contributed by atoms with E-state index >= 15 is 0 Å². The van der Waals surface area contributed by atoms with Crippen molar-refractivity contribution < 1.29 is 48.5 Å². The molecule has 0 bridgehead atoms. The van der Waals surface area contributed by atoms with Crippen molar-refractivity contribution in [2.75, 3.05) is 0 Å². The van der Waals surface area contributed by atoms with Crippen LogP contribution in [-0.4, -0.2) is 73.2 Å². The van der Waals surface area contributed by atoms with Gasteiger partial charge in [0.15, 0.2) is 17.4 Å². The topological polar surface area (TPSA) is 152 Å². The fourth-order valence-electron chi connectivity index (χ4n) is 0. The minimum Gasteiger partial charge on any atom is -0.450 e. The summed E-state index contributed by atoms with van der Waals surface area (Å²) in [5.41, 5.74) is 0. The molecule has 6 nitrogen and oxygen atoms in total. The van der Waals surface area contributed by atoms with Crippen LogP contribution in [0.5, 0.6) is 0 Å². The molecule has 0 heterocycles. The second-order valence-electron chi connectivity index (χ2n) is 0.283. The monoisotopic (exact) mass is 227 g/mol. The van der Waals surface area contributed by atoms with Gasteiger partial charge in [-0.2, -0.15) is 0 Å². The van der Waals surface area contributed by atoms with Crippen LogP contribution >= 0.6 is 0 Å². The van der Waals surface area contributed by atoms with Crippen molar-refractivity contribution in [2.24, 2.45) is 0 Å². The summed E-state index contributed by atoms with van der Waals surface area (Å²) < 4.78 is 0. The number of hydrogen-bond acceptors (Lipinski definition) is 1. The number of rotatable bonds is 0. The maximum Gasteiger partial charge on any atom is 0.503 e. The summed E-state index contributed by atoms with van der Waals surface area (Å²) in [5.74, 6) is 0. The predicted molar refractivity (Wildman–Crippen MR) is 40.0 cm³/mol. The molecule has 0 unspecified atom stereocenters. The first-order valence-electron chi connectivity index (χ1n) is 0.651. The Morgan fingerprint density at radius 3 is 1.00 bits per heavy atom. The van der Waals surface area contributed by atoms with Gasteiger partial charge < -0.3 is 26.6 Å². The Morgan fingerprint density at radius 1 is 1.00 bits per heavy atom. The van der Waals surface area contributed by atoms with Gasteiger partial charge in [-0.1, -0.05) is 0 Å². The largest absolute Gasteiger partial charge is 0.503 e. The van der Waals surface area contributed by atoms with Crippen LogP contribution in [-0.2, 0) is 17.1 Å². The summed E-state index contributed by atoms with van der Waals surface area (Å²) in [6.07, 6.45) is -1.83. The van der Waals surface area contributed by atoms with Crippen LogP contribution in [0.1, 0.15) is 0 Å². The van der Waals surface area contributed by atoms with Crippen LogP contribution in [0.15, 0.2) is 0 Å². The fraction of sp³-hybridized carbons (Fsp3) is 0. The van der Waals surface area contributed by atoms with Gasteiger partial charge >= 0.3 is 29.2 Å². The molecule has 0 aromatic heterocycles. The van der Waals surface area contributed by atoms with E-state index in [1.54, 1.807) is 0 Å². The van der Waals surface area contributed by atoms with E-state index in [0.29, 0.717) is 0 Å². The molecule has 0 aromatic carbocycles. The SMILES string of the molecule is O.O.O.O=C(O)O.[AlH3].[MgH2].[Mn]. The van der Waals surface area contributed by atoms with Gasteiger partial charge in [0.1, 0.15) is 0 Å². The summed E-state index contributed by atoms with van der Waals surface area (Å²) >= 11 is 0. The Labute approximate surface area is 94.7 Å². The van der Waals surface area contributed by atoms with Crippen LogP contribution < -0.4 is 0 Å². The zero-order chi connectivity index (χ0) is 3.58. The third-order valence-electron chi connectivity index (χ3n) is 0. The fourth-order valence-corrected chi connectivity index (χ4v) is 0. The van der Waals surface area contributed by atoms with Gasteiger partial charge in [-0.05, 0) is 0 Å². The molecule has 8 N–H and O–H groups in total. The van der Waals surface area contributed by atoms with E-state index in [-0.39, 0.29) is 73.9 Å². The van der Waals surface area contributed by atoms with Gasteiger partial charge in [0.05, 0.1) is 0 Å². The zero-order valence-corrected chi connectivity index (χ0v) is 4.86. The minimum atomic E-state index is -1.83. The Balaban J connectivity index is -0.00000000300. The van der Waals surface area contributed by atoms with Gasteiger partial charge in [0.2, 0.25) is 0 Å². The molecule has 0 fully saturated rings. The minimum absolute atomic E-state index is 0. The number of carbonyl (C=O) groups is 1. The first-order valence-corrected chi connectivity index (χ1v) is 0.651. The van der Waals surface area contributed by atoms with E-state index in [9.17, 15) is 0 Å². The van der Waals surface area contributed by atoms with Crippen molar-refractivity contribution in [2.45, 2.75) is 0 Å². The van der Waals surface area contributed by atoms with Crippen molar-refractivity contribution in [1.29, 1.82) is 0 Å². The third-order valence-corrected chi connectivity index (χ3v) is 0. The molecular formula is CH13AlMgMnO6. The average molecular weight is 227 g/mol. The Bertz CT molecular complexity index is 40.7. The summed E-state index contributed by atoms with van der Waals surface area (Å²) in [6.45, 7) is 0. The maximum absolute atomic E-state index is 8.56. The molecule has 0 rings (SSSR count). The van der Waals surface area contributed by atoms with Gasteiger partial charge in [-0.25, -0.2) is 4.79 Å². The van der Waals surface area contributed by atoms with Crippen molar-refractivity contribution >= 4 is 46.6 Å². The second kappa shape index (κ2) is 50.9. The van der Waals surface area contributed by atoms with Crippen molar-refractivity contribution in [3.05, 3.63) is 0 Å². The van der Waals surface area contributed by atoms with Crippen LogP contribution in [0.25, 0.3) is 0 Å². The van der Waals surface area contributed by atoms with Crippen LogP contribution in [0.2, 0.25) is 0 Å². The van der Waals surface area contributed by atoms with Crippen molar-refractivity contribution in [3.8, 4) is 0 Å². The third kappa shape index (κ3) is 607. The molecule has 65 valence electrons. The van der Waals surface area contributed by atoms with Crippen molar-refractivity contribution in [1.82, 2.24) is 0 Å². The smallest absolute Gasteiger partial charge is 0.450 e. The van der Waals surface area contributed by atoms with E-state index in [1.165, 1.54) is 0 Å². The average Bonchev–Trinajstić information content (AvgIpc) is 0.811. The van der Waals surface area contributed by atoms with E-state index in [0.717, 1.165) is 0 Å². The second-order valence-corrected chi connectivity index (χ2v) is 0.283. The summed E-state index contributed by atoms with van der Waals surface area (Å²) in [6, 6.07) is 0. The molecule has 0 aromatic rings. The molecule has 0 spiro atoms. The van der Waals surface area contributed by atoms with Gasteiger partial charge in [-0.3, -0.25) is 0 Å². The van der Waals surface area contributed by atoms with Gasteiger partial charge in [0.25, 0.3) is 0 Å². The maximum atomic E-state index is 8.56. The quantitative estimate of drug-likeness (QED) is 0.402. The zero-order valence-electron chi connectivity index (χ0n) is 3.68. The number of hydrogen-bond donors (Lipinski definition) is 2. The first kappa shape index (κ1) is 69.2. The molecule has 1 radical (unpaired) electrons. The summed E-state index contributed by atoms with van der Waals surface area (Å²) in [4.78, 5) is 8.56. The first-order chi connectivity index (χ1) is 1.73. The normalized spacial score (nSPS) is 2.40. The van der Waals surface area contributed by atoms with E-state index in [2.05, 4.69) is 0 Å². The molecule has 0 aliphatic heterocycles. The van der Waals surface area contributed by atoms with Gasteiger partial charge in [0, 0.05) is 17.1 Å². The van der Waals surface area contributed by atoms with Crippen LogP contribution in [0.4, 0.5) is 4.79 Å². The Hall–Kier alpha value is 0.968. The van der Waals surface area contributed by atoms with E-state index in [1.807, 2.05) is 0 Å². The van der Waals surface area contributed by atoms with Crippen LogP contribution in [0, 0.1) is 0 Å². The molecule has 0 saturated carbocycles. The number of carboxylic acid groups (broad SMARTS) is 2. The van der Waals surface area contributed by atoms with E-state index in [4.69, 9.17) is 15.0 Å². The van der Waals surface area contributed by atoms with E-state index < -0.39 is 6.16 Å². The summed E-state index contributed by atoms with van der Waals surface area (Å²) in [7, 11) is 0. The predicted octanol–water partition coefficient (Wildman–Crippen LogP) is -4.35. The molecule has 0 saturated heterocycles. The molecule has 0 amide bonds. The van der Waals surface area contributed by atoms with Crippen LogP contribution in [0.3, 0.4) is 0 Å².